The van der Waals surface area contributed by atoms with Crippen molar-refractivity contribution in [3.63, 3.8) is 0 Å². The number of primary amides is 1. The third kappa shape index (κ3) is 4.13. The zero-order valence-corrected chi connectivity index (χ0v) is 16.4. The standard InChI is InChI=1S/C20H24FN5O3/c1-12-14(7-8-16(27)29-2)17(25-19(23)24-12)26-10-20(11-26,18(22)28)9-13-5-3-4-6-15(13)21/h3-6H,7-11H2,1-2H3,(H2,22,28)(H2,23,24,25). The van der Waals surface area contributed by atoms with Gasteiger partial charge in [0.1, 0.15) is 11.6 Å². The number of esters is 1. The number of aromatic nitrogens is 2. The second-order valence-electron chi connectivity index (χ2n) is 7.31. The number of hydrogen-bond donors (Lipinski definition) is 2. The molecule has 1 aromatic carbocycles. The highest BCUT2D eigenvalue weighted by Crippen LogP contribution is 2.39. The molecule has 0 spiro atoms. The van der Waals surface area contributed by atoms with Crippen LogP contribution in [0.4, 0.5) is 16.2 Å². The van der Waals surface area contributed by atoms with Gasteiger partial charge in [0.25, 0.3) is 0 Å². The highest BCUT2D eigenvalue weighted by Gasteiger charge is 2.49. The van der Waals surface area contributed by atoms with E-state index in [1.54, 1.807) is 25.1 Å². The first-order chi connectivity index (χ1) is 13.8. The van der Waals surface area contributed by atoms with Crippen LogP contribution in [0.5, 0.6) is 0 Å². The number of nitrogens with two attached hydrogens (primary N) is 2. The predicted molar refractivity (Wildman–Crippen MR) is 105 cm³/mol. The number of carbonyl (C=O) groups excluding carboxylic acids is 2. The summed E-state index contributed by atoms with van der Waals surface area (Å²) in [6.07, 6.45) is 0.742. The molecule has 0 bridgehead atoms. The highest BCUT2D eigenvalue weighted by atomic mass is 19.1. The molecule has 1 aliphatic heterocycles. The molecular weight excluding hydrogens is 377 g/mol. The van der Waals surface area contributed by atoms with Crippen LogP contribution in [-0.4, -0.2) is 42.0 Å². The number of amides is 1. The molecule has 4 N–H and O–H groups in total. The summed E-state index contributed by atoms with van der Waals surface area (Å²) in [5, 5.41) is 0. The molecule has 9 heteroatoms. The van der Waals surface area contributed by atoms with E-state index in [4.69, 9.17) is 16.2 Å². The summed E-state index contributed by atoms with van der Waals surface area (Å²) >= 11 is 0. The Balaban J connectivity index is 1.85. The molecule has 2 heterocycles. The molecule has 29 heavy (non-hydrogen) atoms. The first kappa shape index (κ1) is 20.5. The van der Waals surface area contributed by atoms with E-state index in [9.17, 15) is 14.0 Å². The first-order valence-corrected chi connectivity index (χ1v) is 9.24. The van der Waals surface area contributed by atoms with Gasteiger partial charge in [0.15, 0.2) is 0 Å². The molecule has 0 unspecified atom stereocenters. The van der Waals surface area contributed by atoms with E-state index in [1.807, 2.05) is 4.90 Å². The Hall–Kier alpha value is -3.23. The molecule has 1 aromatic heterocycles. The number of aryl methyl sites for hydroxylation is 1. The Bertz CT molecular complexity index is 944. The monoisotopic (exact) mass is 401 g/mol. The van der Waals surface area contributed by atoms with Crippen molar-refractivity contribution in [2.45, 2.75) is 26.2 Å². The summed E-state index contributed by atoms with van der Waals surface area (Å²) in [7, 11) is 1.33. The Kier molecular flexibility index (Phi) is 5.67. The molecule has 2 aromatic rings. The maximum atomic E-state index is 14.1. The van der Waals surface area contributed by atoms with Crippen LogP contribution in [0.15, 0.2) is 24.3 Å². The molecule has 0 atom stereocenters. The van der Waals surface area contributed by atoms with Crippen LogP contribution in [0.3, 0.4) is 0 Å². The van der Waals surface area contributed by atoms with E-state index in [0.717, 1.165) is 5.56 Å². The maximum absolute atomic E-state index is 14.1. The van der Waals surface area contributed by atoms with E-state index < -0.39 is 11.3 Å². The summed E-state index contributed by atoms with van der Waals surface area (Å²) in [5.74, 6) is -0.546. The van der Waals surface area contributed by atoms with Crippen LogP contribution >= 0.6 is 0 Å². The number of rotatable bonds is 7. The van der Waals surface area contributed by atoms with Crippen LogP contribution in [0, 0.1) is 18.2 Å². The summed E-state index contributed by atoms with van der Waals surface area (Å²) in [6, 6.07) is 6.34. The van der Waals surface area contributed by atoms with E-state index in [0.29, 0.717) is 23.5 Å². The molecule has 0 aliphatic carbocycles. The smallest absolute Gasteiger partial charge is 0.305 e. The SMILES string of the molecule is COC(=O)CCc1c(C)nc(N)nc1N1CC(Cc2ccccc2F)(C(N)=O)C1. The lowest BCUT2D eigenvalue weighted by molar-refractivity contribution is -0.140. The molecule has 3 rings (SSSR count). The Morgan fingerprint density at radius 3 is 2.59 bits per heavy atom. The first-order valence-electron chi connectivity index (χ1n) is 9.24. The number of nitrogens with zero attached hydrogens (tertiary/aromatic N) is 3. The Morgan fingerprint density at radius 2 is 1.97 bits per heavy atom. The summed E-state index contributed by atoms with van der Waals surface area (Å²) in [4.78, 5) is 34.1. The lowest BCUT2D eigenvalue weighted by atomic mass is 9.73. The number of anilines is 2. The minimum atomic E-state index is -0.907. The predicted octanol–water partition coefficient (Wildman–Crippen LogP) is 1.15. The zero-order chi connectivity index (χ0) is 21.2. The molecule has 1 saturated heterocycles. The van der Waals surface area contributed by atoms with Gasteiger partial charge in [-0.15, -0.1) is 0 Å². The fourth-order valence-electron chi connectivity index (χ4n) is 3.68. The van der Waals surface area contributed by atoms with Gasteiger partial charge in [0.05, 0.1) is 12.5 Å². The molecule has 1 fully saturated rings. The lowest BCUT2D eigenvalue weighted by Gasteiger charge is -2.49. The van der Waals surface area contributed by atoms with Crippen molar-refractivity contribution in [2.24, 2.45) is 11.1 Å². The third-order valence-electron chi connectivity index (χ3n) is 5.31. The van der Waals surface area contributed by atoms with Gasteiger partial charge < -0.3 is 21.1 Å². The van der Waals surface area contributed by atoms with E-state index in [1.165, 1.54) is 13.2 Å². The van der Waals surface area contributed by atoms with Crippen molar-refractivity contribution in [3.8, 4) is 0 Å². The number of nitrogen functional groups attached to an aromatic ring is 1. The van der Waals surface area contributed by atoms with Crippen molar-refractivity contribution >= 4 is 23.6 Å². The molecule has 154 valence electrons. The normalized spacial score (nSPS) is 14.9. The van der Waals surface area contributed by atoms with E-state index in [2.05, 4.69) is 9.97 Å². The number of carbonyl (C=O) groups is 2. The maximum Gasteiger partial charge on any atom is 0.305 e. The third-order valence-corrected chi connectivity index (χ3v) is 5.31. The quantitative estimate of drug-likeness (QED) is 0.667. The number of hydrogen-bond acceptors (Lipinski definition) is 7. The van der Waals surface area contributed by atoms with Crippen molar-refractivity contribution in [1.29, 1.82) is 0 Å². The summed E-state index contributed by atoms with van der Waals surface area (Å²) < 4.78 is 18.8. The van der Waals surface area contributed by atoms with E-state index >= 15 is 0 Å². The van der Waals surface area contributed by atoms with Gasteiger partial charge in [0.2, 0.25) is 11.9 Å². The van der Waals surface area contributed by atoms with Gasteiger partial charge in [-0.1, -0.05) is 18.2 Å². The number of benzene rings is 1. The van der Waals surface area contributed by atoms with Crippen molar-refractivity contribution < 1.29 is 18.7 Å². The van der Waals surface area contributed by atoms with Crippen LogP contribution in [-0.2, 0) is 27.2 Å². The lowest BCUT2D eigenvalue weighted by Crippen LogP contribution is -2.64. The van der Waals surface area contributed by atoms with Crippen molar-refractivity contribution in [3.05, 3.63) is 46.9 Å². The minimum Gasteiger partial charge on any atom is -0.469 e. The van der Waals surface area contributed by atoms with Gasteiger partial charge in [0, 0.05) is 30.8 Å². The van der Waals surface area contributed by atoms with Gasteiger partial charge in [-0.25, -0.2) is 9.37 Å². The molecule has 1 amide bonds. The topological polar surface area (TPSA) is 124 Å². The van der Waals surface area contributed by atoms with Gasteiger partial charge in [-0.05, 0) is 31.4 Å². The van der Waals surface area contributed by atoms with Crippen molar-refractivity contribution in [1.82, 2.24) is 9.97 Å². The molecule has 8 nitrogen and oxygen atoms in total. The van der Waals surface area contributed by atoms with Crippen LogP contribution in [0.1, 0.15) is 23.2 Å². The fraction of sp³-hybridized carbons (Fsp3) is 0.400. The second-order valence-corrected chi connectivity index (χ2v) is 7.31. The van der Waals surface area contributed by atoms with Crippen LogP contribution in [0.25, 0.3) is 0 Å². The minimum absolute atomic E-state index is 0.102. The van der Waals surface area contributed by atoms with E-state index in [-0.39, 0.29) is 43.7 Å². The number of ether oxygens (including phenoxy) is 1. The van der Waals surface area contributed by atoms with Gasteiger partial charge in [-0.3, -0.25) is 9.59 Å². The number of halogens is 1. The molecule has 0 radical (unpaired) electrons. The number of methoxy groups -OCH3 is 1. The average molecular weight is 401 g/mol. The summed E-state index contributed by atoms with van der Waals surface area (Å²) in [6.45, 7) is 2.34. The molecule has 1 aliphatic rings. The largest absolute Gasteiger partial charge is 0.469 e. The second kappa shape index (κ2) is 8.02. The average Bonchev–Trinajstić information content (AvgIpc) is 2.64. The van der Waals surface area contributed by atoms with Crippen LogP contribution < -0.4 is 16.4 Å². The van der Waals surface area contributed by atoms with Crippen molar-refractivity contribution in [2.75, 3.05) is 30.8 Å². The zero-order valence-electron chi connectivity index (χ0n) is 16.4. The van der Waals surface area contributed by atoms with Gasteiger partial charge >= 0.3 is 5.97 Å². The molecular formula is C20H24FN5O3. The fourth-order valence-corrected chi connectivity index (χ4v) is 3.68. The highest BCUT2D eigenvalue weighted by molar-refractivity contribution is 5.85. The Morgan fingerprint density at radius 1 is 1.28 bits per heavy atom. The summed E-state index contributed by atoms with van der Waals surface area (Å²) in [5.41, 5.74) is 12.4. The molecule has 0 saturated carbocycles. The van der Waals surface area contributed by atoms with Gasteiger partial charge in [-0.2, -0.15) is 4.98 Å². The Labute approximate surface area is 168 Å². The van der Waals surface area contributed by atoms with Crippen LogP contribution in [0.2, 0.25) is 0 Å².